The van der Waals surface area contributed by atoms with Gasteiger partial charge in [0.05, 0.1) is 42.0 Å². The van der Waals surface area contributed by atoms with E-state index in [1.54, 1.807) is 19.2 Å². The largest absolute Gasteiger partial charge is 0.416 e. The zero-order valence-corrected chi connectivity index (χ0v) is 14.1. The number of ether oxygens (including phenoxy) is 1. The summed E-state index contributed by atoms with van der Waals surface area (Å²) in [6.45, 7) is 4.38. The van der Waals surface area contributed by atoms with Crippen LogP contribution in [0.25, 0.3) is 0 Å². The molecule has 26 heavy (non-hydrogen) atoms. The lowest BCUT2D eigenvalue weighted by Gasteiger charge is -2.29. The quantitative estimate of drug-likeness (QED) is 0.905. The Labute approximate surface area is 148 Å². The molecule has 0 radical (unpaired) electrons. The molecule has 1 N–H and O–H groups in total. The van der Waals surface area contributed by atoms with Gasteiger partial charge in [0.2, 0.25) is 0 Å². The molecule has 1 aromatic carbocycles. The highest BCUT2D eigenvalue weighted by Crippen LogP contribution is 2.30. The molecule has 1 aromatic heterocycles. The molecule has 0 atom stereocenters. The molecule has 138 valence electrons. The SMILES string of the molecule is Cc1ncc(N2CCOCC2)cc1NC(=O)c1cccc(C(F)(F)F)c1. The summed E-state index contributed by atoms with van der Waals surface area (Å²) in [5.41, 5.74) is 0.968. The lowest BCUT2D eigenvalue weighted by atomic mass is 10.1. The van der Waals surface area contributed by atoms with Crippen LogP contribution in [0.1, 0.15) is 21.6 Å². The average Bonchev–Trinajstić information content (AvgIpc) is 2.63. The molecular weight excluding hydrogens is 347 g/mol. The van der Waals surface area contributed by atoms with E-state index in [4.69, 9.17) is 4.74 Å². The minimum Gasteiger partial charge on any atom is -0.378 e. The van der Waals surface area contributed by atoms with Crippen LogP contribution >= 0.6 is 0 Å². The number of aromatic nitrogens is 1. The number of aryl methyl sites for hydroxylation is 1. The van der Waals surface area contributed by atoms with Crippen molar-refractivity contribution in [2.75, 3.05) is 36.5 Å². The van der Waals surface area contributed by atoms with Gasteiger partial charge in [0.25, 0.3) is 5.91 Å². The normalized spacial score (nSPS) is 15.0. The lowest BCUT2D eigenvalue weighted by Crippen LogP contribution is -2.36. The molecule has 2 aromatic rings. The number of halogens is 3. The maximum Gasteiger partial charge on any atom is 0.416 e. The van der Waals surface area contributed by atoms with Crippen LogP contribution in [0.15, 0.2) is 36.5 Å². The monoisotopic (exact) mass is 365 g/mol. The van der Waals surface area contributed by atoms with E-state index < -0.39 is 17.6 Å². The van der Waals surface area contributed by atoms with Crippen LogP contribution in [0.4, 0.5) is 24.5 Å². The second-order valence-corrected chi connectivity index (χ2v) is 5.96. The third-order valence-electron chi connectivity index (χ3n) is 4.15. The molecule has 1 aliphatic heterocycles. The molecule has 1 fully saturated rings. The number of anilines is 2. The molecule has 0 unspecified atom stereocenters. The van der Waals surface area contributed by atoms with Crippen LogP contribution in [-0.4, -0.2) is 37.2 Å². The zero-order valence-electron chi connectivity index (χ0n) is 14.1. The average molecular weight is 365 g/mol. The summed E-state index contributed by atoms with van der Waals surface area (Å²) in [5, 5.41) is 2.66. The van der Waals surface area contributed by atoms with Crippen molar-refractivity contribution in [1.29, 1.82) is 0 Å². The number of morpholine rings is 1. The first-order valence-corrected chi connectivity index (χ1v) is 8.12. The van der Waals surface area contributed by atoms with Crippen LogP contribution in [0.3, 0.4) is 0 Å². The molecule has 5 nitrogen and oxygen atoms in total. The number of alkyl halides is 3. The summed E-state index contributed by atoms with van der Waals surface area (Å²) in [6, 6.07) is 6.11. The number of amides is 1. The van der Waals surface area contributed by atoms with Gasteiger partial charge in [0.1, 0.15) is 0 Å². The highest BCUT2D eigenvalue weighted by molar-refractivity contribution is 6.04. The van der Waals surface area contributed by atoms with Crippen molar-refractivity contribution in [3.63, 3.8) is 0 Å². The number of carbonyl (C=O) groups excluding carboxylic acids is 1. The summed E-state index contributed by atoms with van der Waals surface area (Å²) >= 11 is 0. The fourth-order valence-corrected chi connectivity index (χ4v) is 2.67. The number of pyridine rings is 1. The Balaban J connectivity index is 1.81. The Kier molecular flexibility index (Phi) is 5.13. The smallest absolute Gasteiger partial charge is 0.378 e. The van der Waals surface area contributed by atoms with Crippen molar-refractivity contribution < 1.29 is 22.7 Å². The summed E-state index contributed by atoms with van der Waals surface area (Å²) in [5.74, 6) is -0.611. The number of carbonyl (C=O) groups is 1. The van der Waals surface area contributed by atoms with E-state index in [1.165, 1.54) is 12.1 Å². The first-order chi connectivity index (χ1) is 12.3. The highest BCUT2D eigenvalue weighted by atomic mass is 19.4. The van der Waals surface area contributed by atoms with Gasteiger partial charge >= 0.3 is 6.18 Å². The predicted octanol–water partition coefficient (Wildman–Crippen LogP) is 3.50. The minimum atomic E-state index is -4.50. The second kappa shape index (κ2) is 7.33. The number of benzene rings is 1. The van der Waals surface area contributed by atoms with E-state index >= 15 is 0 Å². The van der Waals surface area contributed by atoms with Gasteiger partial charge in [-0.1, -0.05) is 6.07 Å². The summed E-state index contributed by atoms with van der Waals surface area (Å²) in [6.07, 6.45) is -2.79. The first kappa shape index (κ1) is 18.2. The maximum atomic E-state index is 12.8. The van der Waals surface area contributed by atoms with Crippen molar-refractivity contribution in [1.82, 2.24) is 4.98 Å². The number of nitrogens with one attached hydrogen (secondary N) is 1. The van der Waals surface area contributed by atoms with Gasteiger partial charge in [0.15, 0.2) is 0 Å². The van der Waals surface area contributed by atoms with Crippen LogP contribution < -0.4 is 10.2 Å². The molecule has 0 saturated carbocycles. The Bertz CT molecular complexity index is 803. The van der Waals surface area contributed by atoms with Crippen LogP contribution in [-0.2, 0) is 10.9 Å². The molecule has 1 amide bonds. The summed E-state index contributed by atoms with van der Waals surface area (Å²) < 4.78 is 43.8. The number of rotatable bonds is 3. The van der Waals surface area contributed by atoms with Crippen LogP contribution in [0.5, 0.6) is 0 Å². The van der Waals surface area contributed by atoms with Gasteiger partial charge in [-0.15, -0.1) is 0 Å². The Morgan fingerprint density at radius 3 is 2.65 bits per heavy atom. The molecule has 0 bridgehead atoms. The van der Waals surface area contributed by atoms with Gasteiger partial charge in [-0.3, -0.25) is 9.78 Å². The van der Waals surface area contributed by atoms with Gasteiger partial charge in [-0.05, 0) is 31.2 Å². The topological polar surface area (TPSA) is 54.5 Å². The van der Waals surface area contributed by atoms with E-state index in [0.29, 0.717) is 37.7 Å². The van der Waals surface area contributed by atoms with Gasteiger partial charge in [-0.2, -0.15) is 13.2 Å². The summed E-state index contributed by atoms with van der Waals surface area (Å²) in [7, 11) is 0. The molecule has 3 rings (SSSR count). The molecule has 1 saturated heterocycles. The third-order valence-corrected chi connectivity index (χ3v) is 4.15. The van der Waals surface area contributed by atoms with E-state index in [-0.39, 0.29) is 5.56 Å². The van der Waals surface area contributed by atoms with Gasteiger partial charge in [-0.25, -0.2) is 0 Å². The van der Waals surface area contributed by atoms with E-state index in [1.807, 2.05) is 0 Å². The number of hydrogen-bond donors (Lipinski definition) is 1. The van der Waals surface area contributed by atoms with Crippen molar-refractivity contribution in [3.8, 4) is 0 Å². The molecule has 0 aliphatic carbocycles. The van der Waals surface area contributed by atoms with Crippen LogP contribution in [0.2, 0.25) is 0 Å². The Morgan fingerprint density at radius 2 is 1.96 bits per heavy atom. The minimum absolute atomic E-state index is 0.0593. The van der Waals surface area contributed by atoms with Crippen molar-refractivity contribution in [2.24, 2.45) is 0 Å². The molecule has 2 heterocycles. The third kappa shape index (κ3) is 4.13. The molecular formula is C18H18F3N3O2. The summed E-state index contributed by atoms with van der Waals surface area (Å²) in [4.78, 5) is 18.8. The standard InChI is InChI=1S/C18H18F3N3O2/c1-12-16(10-15(11-22-12)24-5-7-26-8-6-24)23-17(25)13-3-2-4-14(9-13)18(19,20)21/h2-4,9-11H,5-8H2,1H3,(H,23,25). The first-order valence-electron chi connectivity index (χ1n) is 8.12. The van der Waals surface area contributed by atoms with E-state index in [9.17, 15) is 18.0 Å². The van der Waals surface area contributed by atoms with Gasteiger partial charge < -0.3 is 15.0 Å². The van der Waals surface area contributed by atoms with Crippen LogP contribution in [0, 0.1) is 6.92 Å². The Morgan fingerprint density at radius 1 is 1.23 bits per heavy atom. The van der Waals surface area contributed by atoms with E-state index in [0.717, 1.165) is 17.8 Å². The zero-order chi connectivity index (χ0) is 18.7. The van der Waals surface area contributed by atoms with Crippen molar-refractivity contribution >= 4 is 17.3 Å². The Hall–Kier alpha value is -2.61. The molecule has 0 spiro atoms. The lowest BCUT2D eigenvalue weighted by molar-refractivity contribution is -0.137. The highest BCUT2D eigenvalue weighted by Gasteiger charge is 2.31. The number of hydrogen-bond acceptors (Lipinski definition) is 4. The maximum absolute atomic E-state index is 12.8. The number of nitrogens with zero attached hydrogens (tertiary/aromatic N) is 2. The molecule has 1 aliphatic rings. The fraction of sp³-hybridized carbons (Fsp3) is 0.333. The van der Waals surface area contributed by atoms with Gasteiger partial charge in [0, 0.05) is 18.7 Å². The van der Waals surface area contributed by atoms with E-state index in [2.05, 4.69) is 15.2 Å². The van der Waals surface area contributed by atoms with Crippen molar-refractivity contribution in [3.05, 3.63) is 53.3 Å². The fourth-order valence-electron chi connectivity index (χ4n) is 2.67. The molecule has 8 heteroatoms. The predicted molar refractivity (Wildman–Crippen MR) is 91.4 cm³/mol. The second-order valence-electron chi connectivity index (χ2n) is 5.96. The van der Waals surface area contributed by atoms with Crippen molar-refractivity contribution in [2.45, 2.75) is 13.1 Å².